The number of ether oxygens (including phenoxy) is 3. The van der Waals surface area contributed by atoms with Gasteiger partial charge in [0, 0.05) is 85.1 Å². The van der Waals surface area contributed by atoms with Crippen molar-refractivity contribution in [1.82, 2.24) is 19.6 Å². The van der Waals surface area contributed by atoms with E-state index in [-0.39, 0.29) is 17.2 Å². The Morgan fingerprint density at radius 2 is 1.13 bits per heavy atom. The minimum atomic E-state index is 0.171. The molecule has 3 aliphatic heterocycles. The molecule has 3 aliphatic rings. The van der Waals surface area contributed by atoms with Crippen molar-refractivity contribution in [2.75, 3.05) is 106 Å². The predicted molar refractivity (Wildman–Crippen MR) is 112 cm³/mol. The van der Waals surface area contributed by atoms with Crippen molar-refractivity contribution >= 4 is 11.8 Å². The molecule has 3 rings (SSSR count). The molecule has 0 aliphatic carbocycles. The van der Waals surface area contributed by atoms with Gasteiger partial charge in [-0.2, -0.15) is 0 Å². The molecule has 0 aromatic carbocycles. The molecule has 0 atom stereocenters. The van der Waals surface area contributed by atoms with Crippen molar-refractivity contribution < 1.29 is 23.8 Å². The van der Waals surface area contributed by atoms with E-state index in [1.54, 1.807) is 14.2 Å². The van der Waals surface area contributed by atoms with Crippen LogP contribution < -0.4 is 0 Å². The van der Waals surface area contributed by atoms with Gasteiger partial charge in [0.1, 0.15) is 0 Å². The Kier molecular flexibility index (Phi) is 8.88. The number of carbonyl (C=O) groups is 2. The lowest BCUT2D eigenvalue weighted by Crippen LogP contribution is -2.61. The summed E-state index contributed by atoms with van der Waals surface area (Å²) < 4.78 is 15.7. The van der Waals surface area contributed by atoms with Crippen molar-refractivity contribution in [3.05, 3.63) is 0 Å². The number of hydrogen-bond donors (Lipinski definition) is 0. The van der Waals surface area contributed by atoms with E-state index in [0.717, 1.165) is 78.7 Å². The molecule has 172 valence electrons. The Bertz CT molecular complexity index is 512. The minimum Gasteiger partial charge on any atom is -0.384 e. The molecular formula is C21H38N4O5. The van der Waals surface area contributed by atoms with Gasteiger partial charge in [0.15, 0.2) is 0 Å². The molecule has 0 unspecified atom stereocenters. The van der Waals surface area contributed by atoms with E-state index in [1.807, 2.05) is 9.80 Å². The summed E-state index contributed by atoms with van der Waals surface area (Å²) in [6.45, 7) is 11.5. The zero-order chi connectivity index (χ0) is 21.4. The molecule has 30 heavy (non-hydrogen) atoms. The molecule has 0 aromatic heterocycles. The molecule has 3 saturated heterocycles. The average Bonchev–Trinajstić information content (AvgIpc) is 2.75. The molecule has 3 fully saturated rings. The van der Waals surface area contributed by atoms with E-state index in [9.17, 15) is 9.59 Å². The number of nitrogens with zero attached hydrogens (tertiary/aromatic N) is 4. The number of amides is 2. The topological polar surface area (TPSA) is 74.8 Å². The van der Waals surface area contributed by atoms with E-state index in [1.165, 1.54) is 0 Å². The number of piperazine rings is 2. The van der Waals surface area contributed by atoms with E-state index >= 15 is 0 Å². The van der Waals surface area contributed by atoms with E-state index in [2.05, 4.69) is 9.80 Å². The standard InChI is InChI=1S/C21H38N4O5/c1-28-13-3-19(26)24-9-5-22(6-10-24)15-21(17-30-18-21)16-23-7-11-25(12-8-23)20(27)4-14-29-2/h3-18H2,1-2H3. The van der Waals surface area contributed by atoms with Gasteiger partial charge in [0.2, 0.25) is 11.8 Å². The number of carbonyl (C=O) groups excluding carboxylic acids is 2. The lowest BCUT2D eigenvalue weighted by atomic mass is 9.84. The summed E-state index contributed by atoms with van der Waals surface area (Å²) >= 11 is 0. The highest BCUT2D eigenvalue weighted by Crippen LogP contribution is 2.31. The first-order chi connectivity index (χ1) is 14.5. The van der Waals surface area contributed by atoms with Gasteiger partial charge < -0.3 is 24.0 Å². The second kappa shape index (κ2) is 11.4. The van der Waals surface area contributed by atoms with Crippen LogP contribution >= 0.6 is 0 Å². The fourth-order valence-electron chi connectivity index (χ4n) is 4.58. The average molecular weight is 427 g/mol. The molecular weight excluding hydrogens is 388 g/mol. The lowest BCUT2D eigenvalue weighted by Gasteiger charge is -2.49. The van der Waals surface area contributed by atoms with Gasteiger partial charge in [-0.1, -0.05) is 0 Å². The van der Waals surface area contributed by atoms with Gasteiger partial charge in [-0.15, -0.1) is 0 Å². The Morgan fingerprint density at radius 1 is 0.733 bits per heavy atom. The Hall–Kier alpha value is -1.26. The van der Waals surface area contributed by atoms with Gasteiger partial charge in [-0.25, -0.2) is 0 Å². The third-order valence-electron chi connectivity index (χ3n) is 6.42. The van der Waals surface area contributed by atoms with Crippen LogP contribution in [0.2, 0.25) is 0 Å². The van der Waals surface area contributed by atoms with Gasteiger partial charge in [-0.05, 0) is 0 Å². The normalized spacial score (nSPS) is 22.7. The van der Waals surface area contributed by atoms with E-state index in [0.29, 0.717) is 26.1 Å². The third-order valence-corrected chi connectivity index (χ3v) is 6.42. The summed E-state index contributed by atoms with van der Waals surface area (Å²) in [6, 6.07) is 0. The largest absolute Gasteiger partial charge is 0.384 e. The molecule has 2 amide bonds. The lowest BCUT2D eigenvalue weighted by molar-refractivity contribution is -0.149. The van der Waals surface area contributed by atoms with Crippen molar-refractivity contribution in [2.24, 2.45) is 5.41 Å². The van der Waals surface area contributed by atoms with Crippen LogP contribution in [0.15, 0.2) is 0 Å². The number of hydrogen-bond acceptors (Lipinski definition) is 7. The highest BCUT2D eigenvalue weighted by Gasteiger charge is 2.42. The Morgan fingerprint density at radius 3 is 1.43 bits per heavy atom. The molecule has 0 N–H and O–H groups in total. The van der Waals surface area contributed by atoms with E-state index in [4.69, 9.17) is 14.2 Å². The van der Waals surface area contributed by atoms with Gasteiger partial charge >= 0.3 is 0 Å². The summed E-state index contributed by atoms with van der Waals surface area (Å²) in [5, 5.41) is 0. The summed E-state index contributed by atoms with van der Waals surface area (Å²) in [6.07, 6.45) is 0.933. The van der Waals surface area contributed by atoms with Gasteiger partial charge in [-0.3, -0.25) is 19.4 Å². The summed E-state index contributed by atoms with van der Waals surface area (Å²) in [4.78, 5) is 33.2. The van der Waals surface area contributed by atoms with Crippen LogP contribution in [-0.4, -0.2) is 138 Å². The first-order valence-electron chi connectivity index (χ1n) is 11.1. The zero-order valence-corrected chi connectivity index (χ0v) is 18.6. The van der Waals surface area contributed by atoms with Gasteiger partial charge in [0.25, 0.3) is 0 Å². The molecule has 3 heterocycles. The van der Waals surface area contributed by atoms with Crippen LogP contribution in [0.5, 0.6) is 0 Å². The highest BCUT2D eigenvalue weighted by atomic mass is 16.5. The summed E-state index contributed by atoms with van der Waals surface area (Å²) in [5.74, 6) is 0.382. The first-order valence-corrected chi connectivity index (χ1v) is 11.1. The quantitative estimate of drug-likeness (QED) is 0.460. The van der Waals surface area contributed by atoms with Crippen LogP contribution in [0.3, 0.4) is 0 Å². The predicted octanol–water partition coefficient (Wildman–Crippen LogP) is -0.636. The van der Waals surface area contributed by atoms with Crippen molar-refractivity contribution in [1.29, 1.82) is 0 Å². The maximum Gasteiger partial charge on any atom is 0.224 e. The molecule has 9 heteroatoms. The molecule has 0 spiro atoms. The molecule has 0 bridgehead atoms. The van der Waals surface area contributed by atoms with Crippen LogP contribution in [0.1, 0.15) is 12.8 Å². The first kappa shape index (κ1) is 23.4. The molecule has 0 radical (unpaired) electrons. The summed E-state index contributed by atoms with van der Waals surface area (Å²) in [7, 11) is 3.26. The maximum absolute atomic E-state index is 12.2. The van der Waals surface area contributed by atoms with Crippen LogP contribution in [-0.2, 0) is 23.8 Å². The summed E-state index contributed by atoms with van der Waals surface area (Å²) in [5.41, 5.74) is 0.171. The third kappa shape index (κ3) is 6.37. The van der Waals surface area contributed by atoms with Crippen molar-refractivity contribution in [2.45, 2.75) is 12.8 Å². The highest BCUT2D eigenvalue weighted by molar-refractivity contribution is 5.76. The molecule has 0 aromatic rings. The molecule has 0 saturated carbocycles. The van der Waals surface area contributed by atoms with E-state index < -0.39 is 0 Å². The second-order valence-electron chi connectivity index (χ2n) is 8.79. The van der Waals surface area contributed by atoms with Crippen molar-refractivity contribution in [3.8, 4) is 0 Å². The Balaban J connectivity index is 1.40. The monoisotopic (exact) mass is 426 g/mol. The molecule has 9 nitrogen and oxygen atoms in total. The maximum atomic E-state index is 12.2. The smallest absolute Gasteiger partial charge is 0.224 e. The van der Waals surface area contributed by atoms with Gasteiger partial charge in [0.05, 0.1) is 39.3 Å². The van der Waals surface area contributed by atoms with Crippen LogP contribution in [0.4, 0.5) is 0 Å². The fourth-order valence-corrected chi connectivity index (χ4v) is 4.58. The van der Waals surface area contributed by atoms with Crippen LogP contribution in [0.25, 0.3) is 0 Å². The van der Waals surface area contributed by atoms with Crippen LogP contribution in [0, 0.1) is 5.41 Å². The SMILES string of the molecule is COCCC(=O)N1CCN(CC2(CN3CCN(C(=O)CCOC)CC3)COC2)CC1. The number of methoxy groups -OCH3 is 2. The van der Waals surface area contributed by atoms with Crippen molar-refractivity contribution in [3.63, 3.8) is 0 Å². The second-order valence-corrected chi connectivity index (χ2v) is 8.79. The minimum absolute atomic E-state index is 0.171. The fraction of sp³-hybridized carbons (Fsp3) is 0.905. The zero-order valence-electron chi connectivity index (χ0n) is 18.6. The number of rotatable bonds is 10. The Labute approximate surface area is 180 Å².